The molecule has 1 aromatic carbocycles. The number of aromatic nitrogens is 2. The summed E-state index contributed by atoms with van der Waals surface area (Å²) in [7, 11) is 0. The highest BCUT2D eigenvalue weighted by atomic mass is 16.5. The molecular weight excluding hydrogens is 216 g/mol. The van der Waals surface area contributed by atoms with Crippen LogP contribution in [0, 0.1) is 0 Å². The van der Waals surface area contributed by atoms with Crippen molar-refractivity contribution >= 4 is 0 Å². The molecule has 4 heteroatoms. The summed E-state index contributed by atoms with van der Waals surface area (Å²) in [6, 6.07) is 7.87. The van der Waals surface area contributed by atoms with Crippen LogP contribution in [0.1, 0.15) is 17.3 Å². The molecule has 17 heavy (non-hydrogen) atoms. The first-order chi connectivity index (χ1) is 8.34. The lowest BCUT2D eigenvalue weighted by Gasteiger charge is -2.15. The monoisotopic (exact) mass is 230 g/mol. The first-order valence-electron chi connectivity index (χ1n) is 5.72. The van der Waals surface area contributed by atoms with Crippen molar-refractivity contribution in [1.82, 2.24) is 9.97 Å². The number of rotatable bonds is 3. The third-order valence-corrected chi connectivity index (χ3v) is 3.16. The Morgan fingerprint density at radius 1 is 1.47 bits per heavy atom. The Hall–Kier alpha value is -1.81. The lowest BCUT2D eigenvalue weighted by Crippen LogP contribution is -2.22. The van der Waals surface area contributed by atoms with Gasteiger partial charge in [-0.15, -0.1) is 0 Å². The van der Waals surface area contributed by atoms with Crippen molar-refractivity contribution in [2.75, 3.05) is 6.61 Å². The molecule has 0 bridgehead atoms. The summed E-state index contributed by atoms with van der Waals surface area (Å²) < 4.78 is 5.56. The Morgan fingerprint density at radius 3 is 3.18 bits per heavy atom. The maximum Gasteiger partial charge on any atom is 0.123 e. The maximum atomic E-state index is 10.2. The predicted octanol–water partition coefficient (Wildman–Crippen LogP) is 1.49. The SMILES string of the molecule is OC(Cc1ncc[nH]1)C1COc2ccccc21. The highest BCUT2D eigenvalue weighted by Gasteiger charge is 2.30. The number of nitrogens with zero attached hydrogens (tertiary/aromatic N) is 1. The highest BCUT2D eigenvalue weighted by molar-refractivity contribution is 5.40. The number of aliphatic hydroxyl groups is 1. The molecule has 2 atom stereocenters. The van der Waals surface area contributed by atoms with E-state index < -0.39 is 6.10 Å². The van der Waals surface area contributed by atoms with E-state index in [2.05, 4.69) is 9.97 Å². The minimum Gasteiger partial charge on any atom is -0.493 e. The molecule has 2 aromatic rings. The van der Waals surface area contributed by atoms with Crippen molar-refractivity contribution in [3.8, 4) is 5.75 Å². The predicted molar refractivity (Wildman–Crippen MR) is 63.0 cm³/mol. The van der Waals surface area contributed by atoms with Crippen molar-refractivity contribution in [1.29, 1.82) is 0 Å². The van der Waals surface area contributed by atoms with Gasteiger partial charge in [-0.1, -0.05) is 18.2 Å². The molecule has 1 aliphatic heterocycles. The number of hydrogen-bond acceptors (Lipinski definition) is 3. The Kier molecular flexibility index (Phi) is 2.57. The van der Waals surface area contributed by atoms with Crippen LogP contribution in [0.2, 0.25) is 0 Å². The van der Waals surface area contributed by atoms with E-state index >= 15 is 0 Å². The first-order valence-corrected chi connectivity index (χ1v) is 5.72. The van der Waals surface area contributed by atoms with Crippen LogP contribution in [0.5, 0.6) is 5.75 Å². The Labute approximate surface area is 99.3 Å². The quantitative estimate of drug-likeness (QED) is 0.839. The number of nitrogens with one attached hydrogen (secondary N) is 1. The Morgan fingerprint density at radius 2 is 2.35 bits per heavy atom. The molecule has 0 spiro atoms. The lowest BCUT2D eigenvalue weighted by atomic mass is 9.93. The van der Waals surface area contributed by atoms with E-state index in [1.165, 1.54) is 0 Å². The van der Waals surface area contributed by atoms with Crippen LogP contribution < -0.4 is 4.74 Å². The second-order valence-corrected chi connectivity index (χ2v) is 4.26. The molecule has 1 aromatic heterocycles. The number of hydrogen-bond donors (Lipinski definition) is 2. The number of aliphatic hydroxyl groups excluding tert-OH is 1. The van der Waals surface area contributed by atoms with Gasteiger partial charge in [-0.2, -0.15) is 0 Å². The number of fused-ring (bicyclic) bond motifs is 1. The number of imidazole rings is 1. The van der Waals surface area contributed by atoms with Crippen LogP contribution in [0.3, 0.4) is 0 Å². The second kappa shape index (κ2) is 4.22. The van der Waals surface area contributed by atoms with Crippen LogP contribution in [0.25, 0.3) is 0 Å². The normalized spacial score (nSPS) is 19.7. The molecule has 2 unspecified atom stereocenters. The van der Waals surface area contributed by atoms with Gasteiger partial charge in [-0.25, -0.2) is 4.98 Å². The van der Waals surface area contributed by atoms with Gasteiger partial charge in [0.05, 0.1) is 12.7 Å². The van der Waals surface area contributed by atoms with Gasteiger partial charge in [0.2, 0.25) is 0 Å². The zero-order valence-corrected chi connectivity index (χ0v) is 9.34. The molecule has 3 rings (SSSR count). The van der Waals surface area contributed by atoms with Gasteiger partial charge in [0, 0.05) is 30.3 Å². The molecule has 1 aliphatic rings. The van der Waals surface area contributed by atoms with E-state index in [-0.39, 0.29) is 5.92 Å². The summed E-state index contributed by atoms with van der Waals surface area (Å²) >= 11 is 0. The lowest BCUT2D eigenvalue weighted by molar-refractivity contribution is 0.127. The molecule has 0 fully saturated rings. The van der Waals surface area contributed by atoms with Crippen LogP contribution in [0.4, 0.5) is 0 Å². The van der Waals surface area contributed by atoms with Gasteiger partial charge in [0.15, 0.2) is 0 Å². The maximum absolute atomic E-state index is 10.2. The number of para-hydroxylation sites is 1. The fourth-order valence-corrected chi connectivity index (χ4v) is 2.26. The molecule has 2 N–H and O–H groups in total. The van der Waals surface area contributed by atoms with Gasteiger partial charge in [-0.05, 0) is 6.07 Å². The average molecular weight is 230 g/mol. The van der Waals surface area contributed by atoms with E-state index in [1.54, 1.807) is 12.4 Å². The summed E-state index contributed by atoms with van der Waals surface area (Å²) in [4.78, 5) is 7.13. The summed E-state index contributed by atoms with van der Waals surface area (Å²) in [5.74, 6) is 1.73. The number of aromatic amines is 1. The number of benzene rings is 1. The van der Waals surface area contributed by atoms with Gasteiger partial charge >= 0.3 is 0 Å². The van der Waals surface area contributed by atoms with Crippen LogP contribution in [0.15, 0.2) is 36.7 Å². The van der Waals surface area contributed by atoms with Gasteiger partial charge < -0.3 is 14.8 Å². The highest BCUT2D eigenvalue weighted by Crippen LogP contribution is 2.36. The molecule has 2 heterocycles. The summed E-state index contributed by atoms with van der Waals surface area (Å²) in [6.45, 7) is 0.543. The van der Waals surface area contributed by atoms with E-state index in [1.807, 2.05) is 24.3 Å². The minimum atomic E-state index is -0.468. The third kappa shape index (κ3) is 1.91. The van der Waals surface area contributed by atoms with Crippen LogP contribution in [-0.4, -0.2) is 27.8 Å². The largest absolute Gasteiger partial charge is 0.493 e. The van der Waals surface area contributed by atoms with E-state index in [0.717, 1.165) is 17.1 Å². The van der Waals surface area contributed by atoms with E-state index in [0.29, 0.717) is 13.0 Å². The fraction of sp³-hybridized carbons (Fsp3) is 0.308. The fourth-order valence-electron chi connectivity index (χ4n) is 2.26. The number of H-pyrrole nitrogens is 1. The van der Waals surface area contributed by atoms with Gasteiger partial charge in [0.1, 0.15) is 11.6 Å². The standard InChI is InChI=1S/C13H14N2O2/c16-11(7-13-14-5-6-15-13)10-8-17-12-4-2-1-3-9(10)12/h1-6,10-11,16H,7-8H2,(H,14,15). The summed E-state index contributed by atoms with van der Waals surface area (Å²) in [5, 5.41) is 10.2. The van der Waals surface area contributed by atoms with Crippen molar-refractivity contribution in [3.05, 3.63) is 48.0 Å². The molecule has 0 radical (unpaired) electrons. The first kappa shape index (κ1) is 10.4. The topological polar surface area (TPSA) is 58.1 Å². The van der Waals surface area contributed by atoms with Gasteiger partial charge in [-0.3, -0.25) is 0 Å². The molecule has 88 valence electrons. The third-order valence-electron chi connectivity index (χ3n) is 3.16. The molecule has 0 saturated carbocycles. The van der Waals surface area contributed by atoms with E-state index in [9.17, 15) is 5.11 Å². The van der Waals surface area contributed by atoms with Crippen molar-refractivity contribution < 1.29 is 9.84 Å². The summed E-state index contributed by atoms with van der Waals surface area (Å²) in [5.41, 5.74) is 1.09. The Balaban J connectivity index is 1.78. The van der Waals surface area contributed by atoms with Crippen molar-refractivity contribution in [3.63, 3.8) is 0 Å². The van der Waals surface area contributed by atoms with E-state index in [4.69, 9.17) is 4.74 Å². The average Bonchev–Trinajstić information content (AvgIpc) is 2.96. The van der Waals surface area contributed by atoms with Crippen molar-refractivity contribution in [2.24, 2.45) is 0 Å². The Bertz CT molecular complexity index is 496. The van der Waals surface area contributed by atoms with Gasteiger partial charge in [0.25, 0.3) is 0 Å². The van der Waals surface area contributed by atoms with Crippen LogP contribution in [-0.2, 0) is 6.42 Å². The molecular formula is C13H14N2O2. The minimum absolute atomic E-state index is 0.0382. The molecule has 0 amide bonds. The summed E-state index contributed by atoms with van der Waals surface area (Å²) in [6.07, 6.45) is 3.52. The second-order valence-electron chi connectivity index (χ2n) is 4.26. The zero-order valence-electron chi connectivity index (χ0n) is 9.34. The smallest absolute Gasteiger partial charge is 0.123 e. The zero-order chi connectivity index (χ0) is 11.7. The molecule has 0 aliphatic carbocycles. The molecule has 4 nitrogen and oxygen atoms in total. The van der Waals surface area contributed by atoms with Crippen LogP contribution >= 0.6 is 0 Å². The van der Waals surface area contributed by atoms with Crippen molar-refractivity contribution in [2.45, 2.75) is 18.4 Å². The number of ether oxygens (including phenoxy) is 1. The molecule has 0 saturated heterocycles.